The van der Waals surface area contributed by atoms with E-state index in [1.165, 1.54) is 42.7 Å². The van der Waals surface area contributed by atoms with Crippen LogP contribution in [-0.4, -0.2) is 45.2 Å². The number of anilines is 1. The zero-order valence-electron chi connectivity index (χ0n) is 16.5. The van der Waals surface area contributed by atoms with Crippen LogP contribution < -0.4 is 5.32 Å². The van der Waals surface area contributed by atoms with Gasteiger partial charge >= 0.3 is 6.18 Å². The summed E-state index contributed by atoms with van der Waals surface area (Å²) in [6, 6.07) is 3.50. The van der Waals surface area contributed by atoms with Crippen molar-refractivity contribution in [1.29, 1.82) is 0 Å². The Labute approximate surface area is 168 Å². The fourth-order valence-corrected chi connectivity index (χ4v) is 3.77. The van der Waals surface area contributed by atoms with Gasteiger partial charge in [0.2, 0.25) is 5.91 Å². The molecule has 3 rings (SSSR count). The van der Waals surface area contributed by atoms with Crippen LogP contribution in [0.2, 0.25) is 0 Å². The van der Waals surface area contributed by atoms with Gasteiger partial charge in [-0.25, -0.2) is 9.67 Å². The molecule has 158 valence electrons. The third kappa shape index (κ3) is 5.79. The standard InChI is InChI=1S/C20H26F3N5O/c1-27(16-7-5-3-2-4-6-8-16)12-19(29)26-17-11-15(20(21,22)23)9-10-18(17)28-14-24-13-25-28/h9-11,13-14,16H,2-8,12H2,1H3,(H,26,29). The quantitative estimate of drug-likeness (QED) is 0.801. The summed E-state index contributed by atoms with van der Waals surface area (Å²) in [6.45, 7) is 0.123. The van der Waals surface area contributed by atoms with Crippen molar-refractivity contribution in [3.8, 4) is 5.69 Å². The van der Waals surface area contributed by atoms with Crippen molar-refractivity contribution in [2.75, 3.05) is 18.9 Å². The average molecular weight is 409 g/mol. The maximum atomic E-state index is 13.1. The second-order valence-electron chi connectivity index (χ2n) is 7.53. The number of hydrogen-bond donors (Lipinski definition) is 1. The predicted octanol–water partition coefficient (Wildman–Crippen LogP) is 4.27. The number of likely N-dealkylation sites (N-methyl/N-ethyl adjacent to an activating group) is 1. The SMILES string of the molecule is CN(CC(=O)Nc1cc(C(F)(F)F)ccc1-n1cncn1)C1CCCCCCC1. The number of aromatic nitrogens is 3. The zero-order chi connectivity index (χ0) is 20.9. The molecular formula is C20H26F3N5O. The van der Waals surface area contributed by atoms with Crippen LogP contribution in [-0.2, 0) is 11.0 Å². The minimum absolute atomic E-state index is 0.0568. The molecule has 6 nitrogen and oxygen atoms in total. The summed E-state index contributed by atoms with van der Waals surface area (Å²) in [4.78, 5) is 18.5. The van der Waals surface area contributed by atoms with Crippen LogP contribution in [0, 0.1) is 0 Å². The van der Waals surface area contributed by atoms with Gasteiger partial charge in [0, 0.05) is 6.04 Å². The number of nitrogens with one attached hydrogen (secondary N) is 1. The molecule has 1 aliphatic carbocycles. The van der Waals surface area contributed by atoms with Gasteiger partial charge in [0.25, 0.3) is 0 Å². The Morgan fingerprint density at radius 2 is 1.90 bits per heavy atom. The number of halogens is 3. The molecule has 0 bridgehead atoms. The molecule has 0 spiro atoms. The van der Waals surface area contributed by atoms with E-state index in [1.54, 1.807) is 0 Å². The van der Waals surface area contributed by atoms with Gasteiger partial charge in [0.05, 0.1) is 23.5 Å². The Hall–Kier alpha value is -2.42. The summed E-state index contributed by atoms with van der Waals surface area (Å²) in [5.41, 5.74) is -0.441. The highest BCUT2D eigenvalue weighted by molar-refractivity contribution is 5.94. The average Bonchev–Trinajstić information content (AvgIpc) is 3.14. The van der Waals surface area contributed by atoms with Crippen LogP contribution in [0.5, 0.6) is 0 Å². The first-order valence-corrected chi connectivity index (χ1v) is 9.91. The van der Waals surface area contributed by atoms with Crippen molar-refractivity contribution in [3.63, 3.8) is 0 Å². The number of hydrogen-bond acceptors (Lipinski definition) is 4. The van der Waals surface area contributed by atoms with Gasteiger partial charge in [-0.05, 0) is 38.1 Å². The highest BCUT2D eigenvalue weighted by atomic mass is 19.4. The van der Waals surface area contributed by atoms with E-state index in [4.69, 9.17) is 0 Å². The largest absolute Gasteiger partial charge is 0.416 e. The lowest BCUT2D eigenvalue weighted by atomic mass is 9.96. The molecule has 0 radical (unpaired) electrons. The molecular weight excluding hydrogens is 383 g/mol. The lowest BCUT2D eigenvalue weighted by Gasteiger charge is -2.29. The van der Waals surface area contributed by atoms with E-state index in [-0.39, 0.29) is 18.1 Å². The zero-order valence-corrected chi connectivity index (χ0v) is 16.5. The van der Waals surface area contributed by atoms with E-state index in [9.17, 15) is 18.0 Å². The maximum absolute atomic E-state index is 13.1. The van der Waals surface area contributed by atoms with Crippen LogP contribution in [0.4, 0.5) is 18.9 Å². The normalized spacial score (nSPS) is 16.4. The van der Waals surface area contributed by atoms with Gasteiger partial charge in [-0.15, -0.1) is 0 Å². The van der Waals surface area contributed by atoms with Crippen LogP contribution in [0.3, 0.4) is 0 Å². The van der Waals surface area contributed by atoms with Gasteiger partial charge in [0.1, 0.15) is 12.7 Å². The van der Waals surface area contributed by atoms with Gasteiger partial charge < -0.3 is 5.32 Å². The van der Waals surface area contributed by atoms with Crippen molar-refractivity contribution in [1.82, 2.24) is 19.7 Å². The predicted molar refractivity (Wildman–Crippen MR) is 104 cm³/mol. The van der Waals surface area contributed by atoms with Crippen molar-refractivity contribution in [2.24, 2.45) is 0 Å². The first kappa shape index (κ1) is 21.3. The minimum Gasteiger partial charge on any atom is -0.323 e. The summed E-state index contributed by atoms with van der Waals surface area (Å²) in [6.07, 6.45) is 6.19. The first-order chi connectivity index (χ1) is 13.8. The van der Waals surface area contributed by atoms with E-state index in [0.717, 1.165) is 37.8 Å². The number of carbonyl (C=O) groups is 1. The van der Waals surface area contributed by atoms with E-state index in [2.05, 4.69) is 15.4 Å². The molecule has 1 aliphatic rings. The molecule has 1 amide bonds. The Balaban J connectivity index is 1.74. The van der Waals surface area contributed by atoms with Crippen LogP contribution in [0.15, 0.2) is 30.9 Å². The smallest absolute Gasteiger partial charge is 0.323 e. The maximum Gasteiger partial charge on any atom is 0.416 e. The summed E-state index contributed by atoms with van der Waals surface area (Å²) < 4.78 is 40.8. The number of amides is 1. The van der Waals surface area contributed by atoms with Crippen molar-refractivity contribution in [3.05, 3.63) is 36.4 Å². The third-order valence-corrected chi connectivity index (χ3v) is 5.35. The van der Waals surface area contributed by atoms with Crippen molar-refractivity contribution < 1.29 is 18.0 Å². The lowest BCUT2D eigenvalue weighted by molar-refractivity contribution is -0.137. The Bertz CT molecular complexity index is 799. The number of benzene rings is 1. The molecule has 0 saturated heterocycles. The summed E-state index contributed by atoms with van der Waals surface area (Å²) in [7, 11) is 1.90. The van der Waals surface area contributed by atoms with Gasteiger partial charge in [-0.2, -0.15) is 18.3 Å². The lowest BCUT2D eigenvalue weighted by Crippen LogP contribution is -2.38. The molecule has 0 unspecified atom stereocenters. The molecule has 1 saturated carbocycles. The molecule has 1 aromatic heterocycles. The molecule has 0 atom stereocenters. The minimum atomic E-state index is -4.50. The topological polar surface area (TPSA) is 63.1 Å². The third-order valence-electron chi connectivity index (χ3n) is 5.35. The Kier molecular flexibility index (Phi) is 6.89. The Morgan fingerprint density at radius 1 is 1.21 bits per heavy atom. The molecule has 1 fully saturated rings. The Morgan fingerprint density at radius 3 is 2.52 bits per heavy atom. The van der Waals surface area contributed by atoms with Gasteiger partial charge in [-0.3, -0.25) is 9.69 Å². The highest BCUT2D eigenvalue weighted by Crippen LogP contribution is 2.33. The van der Waals surface area contributed by atoms with E-state index in [0.29, 0.717) is 11.7 Å². The van der Waals surface area contributed by atoms with Crippen molar-refractivity contribution >= 4 is 11.6 Å². The van der Waals surface area contributed by atoms with Crippen LogP contribution in [0.25, 0.3) is 5.69 Å². The molecule has 0 aliphatic heterocycles. The van der Waals surface area contributed by atoms with Crippen molar-refractivity contribution in [2.45, 2.75) is 57.2 Å². The molecule has 1 N–H and O–H groups in total. The van der Waals surface area contributed by atoms with Crippen LogP contribution >= 0.6 is 0 Å². The monoisotopic (exact) mass is 409 g/mol. The molecule has 1 heterocycles. The fraction of sp³-hybridized carbons (Fsp3) is 0.550. The summed E-state index contributed by atoms with van der Waals surface area (Å²) in [5.74, 6) is -0.352. The first-order valence-electron chi connectivity index (χ1n) is 9.91. The second-order valence-corrected chi connectivity index (χ2v) is 7.53. The summed E-state index contributed by atoms with van der Waals surface area (Å²) >= 11 is 0. The van der Waals surface area contributed by atoms with E-state index < -0.39 is 11.7 Å². The van der Waals surface area contributed by atoms with Gasteiger partial charge in [0.15, 0.2) is 0 Å². The van der Waals surface area contributed by atoms with Gasteiger partial charge in [-0.1, -0.05) is 32.1 Å². The molecule has 1 aromatic carbocycles. The van der Waals surface area contributed by atoms with Crippen LogP contribution in [0.1, 0.15) is 50.5 Å². The number of rotatable bonds is 5. The number of nitrogens with zero attached hydrogens (tertiary/aromatic N) is 4. The molecule has 9 heteroatoms. The second kappa shape index (κ2) is 9.39. The van der Waals surface area contributed by atoms with E-state index >= 15 is 0 Å². The molecule has 29 heavy (non-hydrogen) atoms. The highest BCUT2D eigenvalue weighted by Gasteiger charge is 2.31. The molecule has 2 aromatic rings. The summed E-state index contributed by atoms with van der Waals surface area (Å²) in [5, 5.41) is 6.60. The van der Waals surface area contributed by atoms with E-state index in [1.807, 2.05) is 11.9 Å². The number of carbonyl (C=O) groups excluding carboxylic acids is 1. The fourth-order valence-electron chi connectivity index (χ4n) is 3.77. The number of alkyl halides is 3.